The second-order valence-electron chi connectivity index (χ2n) is 4.99. The van der Waals surface area contributed by atoms with Crippen molar-refractivity contribution in [3.63, 3.8) is 0 Å². The lowest BCUT2D eigenvalue weighted by molar-refractivity contribution is 0.0570. The van der Waals surface area contributed by atoms with Crippen LogP contribution in [0.2, 0.25) is 0 Å². The highest BCUT2D eigenvalue weighted by Gasteiger charge is 2.21. The summed E-state index contributed by atoms with van der Waals surface area (Å²) in [7, 11) is 0. The van der Waals surface area contributed by atoms with Gasteiger partial charge in [0.2, 0.25) is 0 Å². The third-order valence-corrected chi connectivity index (χ3v) is 3.57. The first-order valence-corrected chi connectivity index (χ1v) is 6.93. The molecular weight excluding hydrogens is 232 g/mol. The van der Waals surface area contributed by atoms with Crippen LogP contribution in [0.3, 0.4) is 0 Å². The standard InChI is InChI=1S/C13H26N2O3/c1-3-12(16)4-7-14-13(17)15-10(2)11-5-8-18-9-6-11/h10-12,16H,3-9H2,1-2H3,(H2,14,15,17). The second-order valence-corrected chi connectivity index (χ2v) is 4.99. The number of carbonyl (C=O) groups excluding carboxylic acids is 1. The van der Waals surface area contributed by atoms with Gasteiger partial charge in [-0.1, -0.05) is 6.92 Å². The predicted octanol–water partition coefficient (Wildman–Crippen LogP) is 1.26. The number of aliphatic hydroxyl groups excluding tert-OH is 1. The van der Waals surface area contributed by atoms with Crippen molar-refractivity contribution in [2.24, 2.45) is 5.92 Å². The number of carbonyl (C=O) groups is 1. The normalized spacial score (nSPS) is 20.2. The maximum absolute atomic E-state index is 11.6. The van der Waals surface area contributed by atoms with E-state index in [-0.39, 0.29) is 18.2 Å². The Morgan fingerprint density at radius 3 is 2.72 bits per heavy atom. The molecule has 0 aliphatic carbocycles. The van der Waals surface area contributed by atoms with Crippen LogP contribution < -0.4 is 10.6 Å². The van der Waals surface area contributed by atoms with Gasteiger partial charge in [0.15, 0.2) is 0 Å². The Morgan fingerprint density at radius 1 is 1.44 bits per heavy atom. The minimum atomic E-state index is -0.321. The molecule has 18 heavy (non-hydrogen) atoms. The van der Waals surface area contributed by atoms with Gasteiger partial charge in [-0.05, 0) is 38.5 Å². The van der Waals surface area contributed by atoms with Crippen molar-refractivity contribution in [2.45, 2.75) is 51.7 Å². The smallest absolute Gasteiger partial charge is 0.315 e. The Kier molecular flexibility index (Phi) is 7.05. The molecule has 3 N–H and O–H groups in total. The quantitative estimate of drug-likeness (QED) is 0.672. The Hall–Kier alpha value is -0.810. The highest BCUT2D eigenvalue weighted by Crippen LogP contribution is 2.18. The van der Waals surface area contributed by atoms with Gasteiger partial charge in [-0.3, -0.25) is 0 Å². The van der Waals surface area contributed by atoms with Crippen molar-refractivity contribution < 1.29 is 14.6 Å². The minimum Gasteiger partial charge on any atom is -0.393 e. The van der Waals surface area contributed by atoms with Crippen molar-refractivity contribution in [3.05, 3.63) is 0 Å². The molecule has 0 saturated carbocycles. The number of rotatable bonds is 6. The molecule has 0 spiro atoms. The summed E-state index contributed by atoms with van der Waals surface area (Å²) in [6, 6.07) is 0.0299. The molecule has 2 unspecified atom stereocenters. The van der Waals surface area contributed by atoms with Crippen LogP contribution in [-0.4, -0.2) is 43.0 Å². The van der Waals surface area contributed by atoms with Crippen LogP contribution in [0, 0.1) is 5.92 Å². The molecule has 1 aliphatic rings. The van der Waals surface area contributed by atoms with Crippen LogP contribution in [-0.2, 0) is 4.74 Å². The fraction of sp³-hybridized carbons (Fsp3) is 0.923. The van der Waals surface area contributed by atoms with Gasteiger partial charge < -0.3 is 20.5 Å². The summed E-state index contributed by atoms with van der Waals surface area (Å²) in [6.07, 6.45) is 3.03. The monoisotopic (exact) mass is 258 g/mol. The first-order chi connectivity index (χ1) is 8.63. The maximum Gasteiger partial charge on any atom is 0.315 e. The number of nitrogens with one attached hydrogen (secondary N) is 2. The van der Waals surface area contributed by atoms with Gasteiger partial charge in [0, 0.05) is 25.8 Å². The number of urea groups is 1. The highest BCUT2D eigenvalue weighted by molar-refractivity contribution is 5.74. The molecule has 0 aromatic heterocycles. The van der Waals surface area contributed by atoms with Gasteiger partial charge in [-0.15, -0.1) is 0 Å². The van der Waals surface area contributed by atoms with E-state index in [2.05, 4.69) is 10.6 Å². The summed E-state index contributed by atoms with van der Waals surface area (Å²) in [5.41, 5.74) is 0. The van der Waals surface area contributed by atoms with Gasteiger partial charge in [-0.2, -0.15) is 0 Å². The second kappa shape index (κ2) is 8.32. The van der Waals surface area contributed by atoms with Crippen molar-refractivity contribution in [3.8, 4) is 0 Å². The van der Waals surface area contributed by atoms with Crippen molar-refractivity contribution in [1.82, 2.24) is 10.6 Å². The van der Waals surface area contributed by atoms with Gasteiger partial charge in [-0.25, -0.2) is 4.79 Å². The predicted molar refractivity (Wildman–Crippen MR) is 70.5 cm³/mol. The van der Waals surface area contributed by atoms with Crippen LogP contribution >= 0.6 is 0 Å². The van der Waals surface area contributed by atoms with E-state index < -0.39 is 0 Å². The first kappa shape index (κ1) is 15.2. The number of hydrogen-bond acceptors (Lipinski definition) is 3. The van der Waals surface area contributed by atoms with E-state index in [9.17, 15) is 9.90 Å². The molecule has 106 valence electrons. The lowest BCUT2D eigenvalue weighted by Crippen LogP contribution is -2.45. The highest BCUT2D eigenvalue weighted by atomic mass is 16.5. The number of aliphatic hydroxyl groups is 1. The first-order valence-electron chi connectivity index (χ1n) is 6.93. The van der Waals surface area contributed by atoms with Crippen molar-refractivity contribution in [2.75, 3.05) is 19.8 Å². The zero-order chi connectivity index (χ0) is 13.4. The van der Waals surface area contributed by atoms with Crippen molar-refractivity contribution in [1.29, 1.82) is 0 Å². The van der Waals surface area contributed by atoms with Gasteiger partial charge in [0.25, 0.3) is 0 Å². The lowest BCUT2D eigenvalue weighted by atomic mass is 9.93. The summed E-state index contributed by atoms with van der Waals surface area (Å²) in [5, 5.41) is 15.1. The minimum absolute atomic E-state index is 0.141. The van der Waals surface area contributed by atoms with E-state index in [1.54, 1.807) is 0 Å². The van der Waals surface area contributed by atoms with Crippen molar-refractivity contribution >= 4 is 6.03 Å². The van der Waals surface area contributed by atoms with Crippen LogP contribution in [0.5, 0.6) is 0 Å². The van der Waals surface area contributed by atoms with Crippen LogP contribution in [0.25, 0.3) is 0 Å². The zero-order valence-electron chi connectivity index (χ0n) is 11.4. The Bertz CT molecular complexity index is 242. The largest absolute Gasteiger partial charge is 0.393 e. The summed E-state index contributed by atoms with van der Waals surface area (Å²) in [4.78, 5) is 11.6. The lowest BCUT2D eigenvalue weighted by Gasteiger charge is -2.28. The SMILES string of the molecule is CCC(O)CCNC(=O)NC(C)C1CCOCC1. The Labute approximate surface area is 109 Å². The third-order valence-electron chi connectivity index (χ3n) is 3.57. The van der Waals surface area contributed by atoms with Gasteiger partial charge in [0.05, 0.1) is 6.10 Å². The van der Waals surface area contributed by atoms with Gasteiger partial charge in [0.1, 0.15) is 0 Å². The number of ether oxygens (including phenoxy) is 1. The van der Waals surface area contributed by atoms with E-state index in [1.807, 2.05) is 13.8 Å². The summed E-state index contributed by atoms with van der Waals surface area (Å²) in [5.74, 6) is 0.505. The van der Waals surface area contributed by atoms with Crippen LogP contribution in [0.4, 0.5) is 4.79 Å². The molecule has 1 aliphatic heterocycles. The zero-order valence-corrected chi connectivity index (χ0v) is 11.4. The van der Waals surface area contributed by atoms with E-state index in [0.29, 0.717) is 18.9 Å². The van der Waals surface area contributed by atoms with Crippen LogP contribution in [0.15, 0.2) is 0 Å². The summed E-state index contributed by atoms with van der Waals surface area (Å²) >= 11 is 0. The molecule has 1 rings (SSSR count). The summed E-state index contributed by atoms with van der Waals surface area (Å²) in [6.45, 7) is 6.07. The molecule has 5 nitrogen and oxygen atoms in total. The number of hydrogen-bond donors (Lipinski definition) is 3. The van der Waals surface area contributed by atoms with Gasteiger partial charge >= 0.3 is 6.03 Å². The molecule has 1 saturated heterocycles. The Balaban J connectivity index is 2.14. The summed E-state index contributed by atoms with van der Waals surface area (Å²) < 4.78 is 5.30. The number of amides is 2. The van der Waals surface area contributed by atoms with E-state index in [1.165, 1.54) is 0 Å². The molecule has 5 heteroatoms. The Morgan fingerprint density at radius 2 is 2.11 bits per heavy atom. The van der Waals surface area contributed by atoms with E-state index in [0.717, 1.165) is 32.5 Å². The molecule has 2 atom stereocenters. The average Bonchev–Trinajstić information content (AvgIpc) is 2.39. The van der Waals surface area contributed by atoms with E-state index >= 15 is 0 Å². The fourth-order valence-corrected chi connectivity index (χ4v) is 2.15. The molecule has 0 radical (unpaired) electrons. The maximum atomic E-state index is 11.6. The molecule has 2 amide bonds. The van der Waals surface area contributed by atoms with Crippen LogP contribution in [0.1, 0.15) is 39.5 Å². The topological polar surface area (TPSA) is 70.6 Å². The molecular formula is C13H26N2O3. The molecule has 0 aromatic rings. The molecule has 0 aromatic carbocycles. The molecule has 0 bridgehead atoms. The molecule has 1 fully saturated rings. The van der Waals surface area contributed by atoms with E-state index in [4.69, 9.17) is 4.74 Å². The average molecular weight is 258 g/mol. The third kappa shape index (κ3) is 5.69. The molecule has 1 heterocycles. The fourth-order valence-electron chi connectivity index (χ4n) is 2.15.